The lowest BCUT2D eigenvalue weighted by atomic mass is 9.92. The van der Waals surface area contributed by atoms with Gasteiger partial charge in [0.2, 0.25) is 0 Å². The van der Waals surface area contributed by atoms with E-state index in [4.69, 9.17) is 16.3 Å². The van der Waals surface area contributed by atoms with E-state index in [0.29, 0.717) is 28.6 Å². The van der Waals surface area contributed by atoms with Crippen molar-refractivity contribution in [2.75, 3.05) is 7.11 Å². The van der Waals surface area contributed by atoms with E-state index in [1.807, 2.05) is 19.1 Å². The predicted molar refractivity (Wildman–Crippen MR) is 74.6 cm³/mol. The van der Waals surface area contributed by atoms with Gasteiger partial charge in [-0.15, -0.1) is 0 Å². The average Bonchev–Trinajstić information content (AvgIpc) is 2.82. The van der Waals surface area contributed by atoms with Gasteiger partial charge >= 0.3 is 0 Å². The molecule has 0 aliphatic rings. The summed E-state index contributed by atoms with van der Waals surface area (Å²) >= 11 is 6.19. The van der Waals surface area contributed by atoms with E-state index in [0.717, 1.165) is 0 Å². The molecular formula is C14H17ClN2O2. The van der Waals surface area contributed by atoms with E-state index < -0.39 is 5.60 Å². The number of methoxy groups -OCH3 is 1. The molecular weight excluding hydrogens is 264 g/mol. The highest BCUT2D eigenvalue weighted by atomic mass is 35.5. The average molecular weight is 281 g/mol. The first-order valence-electron chi connectivity index (χ1n) is 6.10. The Kier molecular flexibility index (Phi) is 3.83. The number of aryl methyl sites for hydroxylation is 1. The van der Waals surface area contributed by atoms with E-state index in [1.165, 1.54) is 0 Å². The summed E-state index contributed by atoms with van der Waals surface area (Å²) in [7, 11) is 1.56. The highest BCUT2D eigenvalue weighted by Crippen LogP contribution is 2.38. The minimum Gasteiger partial charge on any atom is -0.493 e. The van der Waals surface area contributed by atoms with Gasteiger partial charge in [-0.25, -0.2) is 0 Å². The maximum Gasteiger partial charge on any atom is 0.163 e. The van der Waals surface area contributed by atoms with Crippen molar-refractivity contribution in [3.8, 4) is 5.75 Å². The SMILES string of the molecule is CCn1ncc(OC)c1C(C)(O)c1ccccc1Cl. The van der Waals surface area contributed by atoms with E-state index in [9.17, 15) is 5.11 Å². The molecule has 1 heterocycles. The fraction of sp³-hybridized carbons (Fsp3) is 0.357. The van der Waals surface area contributed by atoms with E-state index >= 15 is 0 Å². The van der Waals surface area contributed by atoms with Gasteiger partial charge in [0, 0.05) is 17.1 Å². The highest BCUT2D eigenvalue weighted by molar-refractivity contribution is 6.31. The summed E-state index contributed by atoms with van der Waals surface area (Å²) in [5, 5.41) is 15.7. The van der Waals surface area contributed by atoms with Crippen molar-refractivity contribution < 1.29 is 9.84 Å². The first-order valence-corrected chi connectivity index (χ1v) is 6.47. The summed E-state index contributed by atoms with van der Waals surface area (Å²) < 4.78 is 7.00. The number of nitrogens with zero attached hydrogens (tertiary/aromatic N) is 2. The molecule has 2 rings (SSSR count). The van der Waals surface area contributed by atoms with Crippen LogP contribution < -0.4 is 4.74 Å². The van der Waals surface area contributed by atoms with Crippen LogP contribution in [0.5, 0.6) is 5.75 Å². The lowest BCUT2D eigenvalue weighted by Crippen LogP contribution is -2.27. The van der Waals surface area contributed by atoms with Crippen molar-refractivity contribution in [2.24, 2.45) is 0 Å². The number of benzene rings is 1. The smallest absolute Gasteiger partial charge is 0.163 e. The Morgan fingerprint density at radius 2 is 2.11 bits per heavy atom. The van der Waals surface area contributed by atoms with Crippen molar-refractivity contribution in [2.45, 2.75) is 26.0 Å². The topological polar surface area (TPSA) is 47.3 Å². The van der Waals surface area contributed by atoms with Crippen molar-refractivity contribution >= 4 is 11.6 Å². The molecule has 0 radical (unpaired) electrons. The summed E-state index contributed by atoms with van der Waals surface area (Å²) in [6, 6.07) is 7.23. The standard InChI is InChI=1S/C14H17ClN2O2/c1-4-17-13(12(19-3)9-16-17)14(2,18)10-7-5-6-8-11(10)15/h5-9,18H,4H2,1-3H3. The van der Waals surface area contributed by atoms with Gasteiger partial charge in [0.1, 0.15) is 11.3 Å². The molecule has 0 bridgehead atoms. The Morgan fingerprint density at radius 1 is 1.42 bits per heavy atom. The number of hydrogen-bond donors (Lipinski definition) is 1. The van der Waals surface area contributed by atoms with E-state index in [2.05, 4.69) is 5.10 Å². The third-order valence-corrected chi connectivity index (χ3v) is 3.51. The van der Waals surface area contributed by atoms with Gasteiger partial charge < -0.3 is 9.84 Å². The molecule has 4 nitrogen and oxygen atoms in total. The van der Waals surface area contributed by atoms with Crippen LogP contribution >= 0.6 is 11.6 Å². The van der Waals surface area contributed by atoms with Gasteiger partial charge in [-0.05, 0) is 19.9 Å². The predicted octanol–water partition coefficient (Wildman–Crippen LogP) is 2.82. The molecule has 1 N–H and O–H groups in total. The van der Waals surface area contributed by atoms with Crippen LogP contribution in [0.4, 0.5) is 0 Å². The van der Waals surface area contributed by atoms with Crippen LogP contribution in [0.3, 0.4) is 0 Å². The molecule has 0 fully saturated rings. The van der Waals surface area contributed by atoms with E-state index in [1.54, 1.807) is 37.0 Å². The van der Waals surface area contributed by atoms with Crippen LogP contribution in [0.1, 0.15) is 25.1 Å². The number of aliphatic hydroxyl groups is 1. The fourth-order valence-corrected chi connectivity index (χ4v) is 2.55. The Balaban J connectivity index is 2.62. The monoisotopic (exact) mass is 280 g/mol. The molecule has 102 valence electrons. The van der Waals surface area contributed by atoms with E-state index in [-0.39, 0.29) is 0 Å². The molecule has 0 aliphatic carbocycles. The van der Waals surface area contributed by atoms with Gasteiger partial charge in [0.15, 0.2) is 5.75 Å². The van der Waals surface area contributed by atoms with Crippen molar-refractivity contribution in [1.29, 1.82) is 0 Å². The Hall–Kier alpha value is -1.52. The first-order chi connectivity index (χ1) is 9.02. The van der Waals surface area contributed by atoms with Gasteiger partial charge in [-0.3, -0.25) is 4.68 Å². The minimum atomic E-state index is -1.27. The summed E-state index contributed by atoms with van der Waals surface area (Å²) in [5.74, 6) is 0.548. The molecule has 0 saturated carbocycles. The number of hydrogen-bond acceptors (Lipinski definition) is 3. The third kappa shape index (κ3) is 2.33. The second-order valence-corrected chi connectivity index (χ2v) is 4.84. The quantitative estimate of drug-likeness (QED) is 0.937. The Morgan fingerprint density at radius 3 is 2.68 bits per heavy atom. The zero-order chi connectivity index (χ0) is 14.0. The molecule has 1 aromatic heterocycles. The fourth-order valence-electron chi connectivity index (χ4n) is 2.23. The summed E-state index contributed by atoms with van der Waals surface area (Å²) in [6.45, 7) is 4.29. The number of aromatic nitrogens is 2. The minimum absolute atomic E-state index is 0.512. The first kappa shape index (κ1) is 13.9. The zero-order valence-electron chi connectivity index (χ0n) is 11.2. The van der Waals surface area contributed by atoms with Crippen LogP contribution in [-0.2, 0) is 12.1 Å². The molecule has 2 aromatic rings. The molecule has 0 amide bonds. The molecule has 0 saturated heterocycles. The number of ether oxygens (including phenoxy) is 1. The summed E-state index contributed by atoms with van der Waals surface area (Å²) in [5.41, 5.74) is -0.0355. The molecule has 5 heteroatoms. The molecule has 1 atom stereocenters. The second-order valence-electron chi connectivity index (χ2n) is 4.43. The molecule has 1 aromatic carbocycles. The zero-order valence-corrected chi connectivity index (χ0v) is 12.0. The van der Waals surface area contributed by atoms with Gasteiger partial charge in [0.05, 0.1) is 13.3 Å². The van der Waals surface area contributed by atoms with Crippen LogP contribution in [-0.4, -0.2) is 22.0 Å². The van der Waals surface area contributed by atoms with Crippen LogP contribution in [0.25, 0.3) is 0 Å². The van der Waals surface area contributed by atoms with Crippen LogP contribution in [0.15, 0.2) is 30.5 Å². The highest BCUT2D eigenvalue weighted by Gasteiger charge is 2.34. The lowest BCUT2D eigenvalue weighted by Gasteiger charge is -2.26. The van der Waals surface area contributed by atoms with Gasteiger partial charge in [-0.2, -0.15) is 5.10 Å². The van der Waals surface area contributed by atoms with Gasteiger partial charge in [-0.1, -0.05) is 29.8 Å². The molecule has 19 heavy (non-hydrogen) atoms. The van der Waals surface area contributed by atoms with Crippen molar-refractivity contribution in [1.82, 2.24) is 9.78 Å². The van der Waals surface area contributed by atoms with Crippen LogP contribution in [0, 0.1) is 0 Å². The third-order valence-electron chi connectivity index (χ3n) is 3.18. The van der Waals surface area contributed by atoms with Crippen LogP contribution in [0.2, 0.25) is 5.02 Å². The molecule has 1 unspecified atom stereocenters. The largest absolute Gasteiger partial charge is 0.493 e. The second kappa shape index (κ2) is 5.23. The number of rotatable bonds is 4. The Labute approximate surface area is 117 Å². The maximum atomic E-state index is 10.9. The normalized spacial score (nSPS) is 14.2. The van der Waals surface area contributed by atoms with Crippen molar-refractivity contribution in [3.05, 3.63) is 46.7 Å². The summed E-state index contributed by atoms with van der Waals surface area (Å²) in [4.78, 5) is 0. The van der Waals surface area contributed by atoms with Gasteiger partial charge in [0.25, 0.3) is 0 Å². The summed E-state index contributed by atoms with van der Waals surface area (Å²) in [6.07, 6.45) is 1.60. The van der Waals surface area contributed by atoms with Crippen molar-refractivity contribution in [3.63, 3.8) is 0 Å². The maximum absolute atomic E-state index is 10.9. The molecule has 0 spiro atoms. The lowest BCUT2D eigenvalue weighted by molar-refractivity contribution is 0.0886. The molecule has 0 aliphatic heterocycles. The number of halogens is 1. The Bertz CT molecular complexity index is 557.